The summed E-state index contributed by atoms with van der Waals surface area (Å²) in [5.74, 6) is -1.91. The molecule has 4 N–H and O–H groups in total. The molecule has 9 nitrogen and oxygen atoms in total. The summed E-state index contributed by atoms with van der Waals surface area (Å²) in [6.07, 6.45) is 0.287. The van der Waals surface area contributed by atoms with Gasteiger partial charge in [0.25, 0.3) is 11.8 Å². The first kappa shape index (κ1) is 21.1. The Morgan fingerprint density at radius 1 is 1.15 bits per heavy atom. The lowest BCUT2D eigenvalue weighted by Gasteiger charge is -2.18. The summed E-state index contributed by atoms with van der Waals surface area (Å²) < 4.78 is 15.6. The van der Waals surface area contributed by atoms with Crippen LogP contribution in [0.4, 0.5) is 0 Å². The topological polar surface area (TPSA) is 137 Å². The Kier molecular flexibility index (Phi) is 7.70. The number of nitrogens with one attached hydrogen (secondary N) is 1. The van der Waals surface area contributed by atoms with Crippen molar-refractivity contribution in [2.45, 2.75) is 26.3 Å². The normalized spacial score (nSPS) is 11.6. The molecule has 1 rings (SSSR count). The number of carbonyl (C=O) groups excluding carboxylic acids is 2. The van der Waals surface area contributed by atoms with Gasteiger partial charge in [0.2, 0.25) is 5.75 Å². The first-order valence-corrected chi connectivity index (χ1v) is 7.90. The molecule has 0 heterocycles. The van der Waals surface area contributed by atoms with Gasteiger partial charge in [-0.3, -0.25) is 9.59 Å². The zero-order chi connectivity index (χ0) is 19.9. The Morgan fingerprint density at radius 3 is 2.08 bits per heavy atom. The number of amides is 2. The molecule has 2 amide bonds. The molecule has 0 aromatic heterocycles. The number of primary amides is 1. The van der Waals surface area contributed by atoms with Crippen LogP contribution in [0.3, 0.4) is 0 Å². The lowest BCUT2D eigenvalue weighted by atomic mass is 10.0. The third-order valence-corrected chi connectivity index (χ3v) is 3.39. The van der Waals surface area contributed by atoms with Crippen molar-refractivity contribution in [1.82, 2.24) is 5.32 Å². The summed E-state index contributed by atoms with van der Waals surface area (Å²) in [5, 5.41) is 11.7. The third-order valence-electron chi connectivity index (χ3n) is 3.39. The number of carboxylic acids is 1. The van der Waals surface area contributed by atoms with Gasteiger partial charge in [-0.25, -0.2) is 4.79 Å². The Balaban J connectivity index is 3.13. The molecule has 144 valence electrons. The number of aliphatic carboxylic acids is 1. The minimum Gasteiger partial charge on any atom is -0.493 e. The second kappa shape index (κ2) is 9.50. The van der Waals surface area contributed by atoms with Gasteiger partial charge in [-0.15, -0.1) is 0 Å². The van der Waals surface area contributed by atoms with E-state index in [1.807, 2.05) is 13.8 Å². The number of methoxy groups -OCH3 is 2. The second-order valence-corrected chi connectivity index (χ2v) is 5.96. The van der Waals surface area contributed by atoms with Gasteiger partial charge in [-0.1, -0.05) is 13.8 Å². The molecule has 1 unspecified atom stereocenters. The molecule has 0 aliphatic heterocycles. The largest absolute Gasteiger partial charge is 0.493 e. The lowest BCUT2D eigenvalue weighted by Crippen LogP contribution is -2.41. The van der Waals surface area contributed by atoms with Crippen molar-refractivity contribution < 1.29 is 33.7 Å². The SMILES string of the molecule is COc1cc(C(=O)NC(CC(C)C)C(=O)O)cc(OC)c1OCC(N)=O. The van der Waals surface area contributed by atoms with Crippen LogP contribution in [0.1, 0.15) is 30.6 Å². The molecule has 0 aliphatic rings. The maximum Gasteiger partial charge on any atom is 0.326 e. The highest BCUT2D eigenvalue weighted by Crippen LogP contribution is 2.38. The standard InChI is InChI=1S/C17H24N2O7/c1-9(2)5-11(17(22)23)19-16(21)10-6-12(24-3)15(13(7-10)25-4)26-8-14(18)20/h6-7,9,11H,5,8H2,1-4H3,(H2,18,20)(H,19,21)(H,22,23). The lowest BCUT2D eigenvalue weighted by molar-refractivity contribution is -0.139. The molecule has 0 aliphatic carbocycles. The second-order valence-electron chi connectivity index (χ2n) is 5.96. The van der Waals surface area contributed by atoms with Gasteiger partial charge < -0.3 is 30.4 Å². The molecule has 1 aromatic rings. The molecule has 0 fully saturated rings. The van der Waals surface area contributed by atoms with Crippen molar-refractivity contribution in [3.05, 3.63) is 17.7 Å². The number of benzene rings is 1. The van der Waals surface area contributed by atoms with Crippen LogP contribution < -0.4 is 25.3 Å². The minimum atomic E-state index is -1.12. The van der Waals surface area contributed by atoms with E-state index in [0.29, 0.717) is 0 Å². The Bertz CT molecular complexity index is 648. The summed E-state index contributed by atoms with van der Waals surface area (Å²) >= 11 is 0. The van der Waals surface area contributed by atoms with Crippen LogP contribution in [0.2, 0.25) is 0 Å². The number of hydrogen-bond donors (Lipinski definition) is 3. The van der Waals surface area contributed by atoms with Crippen LogP contribution in [0, 0.1) is 5.92 Å². The highest BCUT2D eigenvalue weighted by Gasteiger charge is 2.24. The van der Waals surface area contributed by atoms with Crippen molar-refractivity contribution in [2.24, 2.45) is 11.7 Å². The number of carbonyl (C=O) groups is 3. The molecule has 1 aromatic carbocycles. The third kappa shape index (κ3) is 5.83. The molecule has 9 heteroatoms. The first-order valence-electron chi connectivity index (χ1n) is 7.90. The number of ether oxygens (including phenoxy) is 3. The van der Waals surface area contributed by atoms with Crippen LogP contribution in [0.25, 0.3) is 0 Å². The maximum atomic E-state index is 12.5. The number of nitrogens with two attached hydrogens (primary N) is 1. The molecular formula is C17H24N2O7. The molecule has 26 heavy (non-hydrogen) atoms. The van der Waals surface area contributed by atoms with Gasteiger partial charge in [-0.2, -0.15) is 0 Å². The van der Waals surface area contributed by atoms with Crippen LogP contribution in [-0.4, -0.2) is 49.8 Å². The fourth-order valence-electron chi connectivity index (χ4n) is 2.23. The van der Waals surface area contributed by atoms with Crippen molar-refractivity contribution in [3.63, 3.8) is 0 Å². The fraction of sp³-hybridized carbons (Fsp3) is 0.471. The number of rotatable bonds is 10. The van der Waals surface area contributed by atoms with Crippen LogP contribution in [-0.2, 0) is 9.59 Å². The Hall–Kier alpha value is -2.97. The van der Waals surface area contributed by atoms with E-state index >= 15 is 0 Å². The fourth-order valence-corrected chi connectivity index (χ4v) is 2.23. The van der Waals surface area contributed by atoms with Crippen molar-refractivity contribution >= 4 is 17.8 Å². The van der Waals surface area contributed by atoms with E-state index in [4.69, 9.17) is 19.9 Å². The van der Waals surface area contributed by atoms with Crippen LogP contribution in [0.5, 0.6) is 17.2 Å². The van der Waals surface area contributed by atoms with Crippen molar-refractivity contribution in [1.29, 1.82) is 0 Å². The van der Waals surface area contributed by atoms with Crippen molar-refractivity contribution in [3.8, 4) is 17.2 Å². The van der Waals surface area contributed by atoms with Gasteiger partial charge >= 0.3 is 5.97 Å². The minimum absolute atomic E-state index is 0.0880. The number of hydrogen-bond acceptors (Lipinski definition) is 6. The predicted octanol–water partition coefficient (Wildman–Crippen LogP) is 0.797. The van der Waals surface area contributed by atoms with Crippen molar-refractivity contribution in [2.75, 3.05) is 20.8 Å². The first-order chi connectivity index (χ1) is 12.2. The van der Waals surface area contributed by atoms with Gasteiger partial charge in [0.15, 0.2) is 18.1 Å². The zero-order valence-electron chi connectivity index (χ0n) is 15.2. The molecule has 0 bridgehead atoms. The quantitative estimate of drug-likeness (QED) is 0.555. The zero-order valence-corrected chi connectivity index (χ0v) is 15.2. The van der Waals surface area contributed by atoms with Crippen LogP contribution >= 0.6 is 0 Å². The smallest absolute Gasteiger partial charge is 0.326 e. The molecular weight excluding hydrogens is 344 g/mol. The van der Waals surface area contributed by atoms with E-state index in [0.717, 1.165) is 0 Å². The summed E-state index contributed by atoms with van der Waals surface area (Å²) in [6, 6.07) is 1.70. The summed E-state index contributed by atoms with van der Waals surface area (Å²) in [7, 11) is 2.71. The molecule has 0 saturated heterocycles. The molecule has 0 saturated carbocycles. The Morgan fingerprint density at radius 2 is 1.69 bits per heavy atom. The van der Waals surface area contributed by atoms with E-state index in [1.165, 1.54) is 26.4 Å². The van der Waals surface area contributed by atoms with E-state index in [2.05, 4.69) is 5.32 Å². The highest BCUT2D eigenvalue weighted by molar-refractivity contribution is 5.97. The highest BCUT2D eigenvalue weighted by atomic mass is 16.5. The Labute approximate surface area is 151 Å². The summed E-state index contributed by atoms with van der Waals surface area (Å²) in [6.45, 7) is 3.33. The van der Waals surface area contributed by atoms with Gasteiger partial charge in [0.1, 0.15) is 6.04 Å². The van der Waals surface area contributed by atoms with E-state index < -0.39 is 30.4 Å². The van der Waals surface area contributed by atoms with E-state index in [-0.39, 0.29) is 35.2 Å². The average Bonchev–Trinajstić information content (AvgIpc) is 2.57. The average molecular weight is 368 g/mol. The van der Waals surface area contributed by atoms with E-state index in [9.17, 15) is 19.5 Å². The summed E-state index contributed by atoms with van der Waals surface area (Å²) in [5.41, 5.74) is 5.18. The predicted molar refractivity (Wildman–Crippen MR) is 92.6 cm³/mol. The maximum absolute atomic E-state index is 12.5. The summed E-state index contributed by atoms with van der Waals surface area (Å²) in [4.78, 5) is 34.7. The molecule has 1 atom stereocenters. The van der Waals surface area contributed by atoms with Gasteiger partial charge in [0, 0.05) is 5.56 Å². The molecule has 0 spiro atoms. The molecule has 0 radical (unpaired) electrons. The van der Waals surface area contributed by atoms with E-state index in [1.54, 1.807) is 0 Å². The van der Waals surface area contributed by atoms with Crippen LogP contribution in [0.15, 0.2) is 12.1 Å². The number of carboxylic acid groups (broad SMARTS) is 1. The van der Waals surface area contributed by atoms with Gasteiger partial charge in [0.05, 0.1) is 14.2 Å². The monoisotopic (exact) mass is 368 g/mol. The van der Waals surface area contributed by atoms with Gasteiger partial charge in [-0.05, 0) is 24.5 Å².